The first-order valence-corrected chi connectivity index (χ1v) is 13.4. The molecule has 0 heterocycles. The molecule has 0 radical (unpaired) electrons. The molecule has 0 saturated carbocycles. The maximum absolute atomic E-state index is 13.9. The Morgan fingerprint density at radius 1 is 0.895 bits per heavy atom. The van der Waals surface area contributed by atoms with Gasteiger partial charge in [-0.25, -0.2) is 13.2 Å². The second-order valence-corrected chi connectivity index (χ2v) is 10.8. The number of nitrogens with zero attached hydrogens (tertiary/aromatic N) is 1. The zero-order valence-corrected chi connectivity index (χ0v) is 22.3. The number of rotatable bonds is 8. The Kier molecular flexibility index (Phi) is 8.14. The number of carbonyl (C=O) groups excluding carboxylic acids is 2. The molecule has 9 heteroatoms. The van der Waals surface area contributed by atoms with E-state index in [-0.39, 0.29) is 28.3 Å². The van der Waals surface area contributed by atoms with E-state index >= 15 is 0 Å². The fourth-order valence-corrected chi connectivity index (χ4v) is 5.41. The fraction of sp³-hybridized carbons (Fsp3) is 0.103. The predicted molar refractivity (Wildman–Crippen MR) is 148 cm³/mol. The number of anilines is 2. The standard InChI is InChI=1S/C29H25ClN2O5S/c1-20-10-16-25(17-11-20)38(35,36)32(19-21-12-14-23(30)15-13-21)27-9-4-3-8-26(27)28(33)31-24-7-5-6-22(18-24)29(34)37-2/h3-18H,19H2,1-2H3,(H,31,33). The number of aryl methyl sites for hydroxylation is 1. The molecule has 194 valence electrons. The number of amides is 1. The molecule has 0 aliphatic heterocycles. The largest absolute Gasteiger partial charge is 0.465 e. The van der Waals surface area contributed by atoms with Gasteiger partial charge in [-0.3, -0.25) is 9.10 Å². The van der Waals surface area contributed by atoms with Gasteiger partial charge in [-0.1, -0.05) is 59.6 Å². The van der Waals surface area contributed by atoms with Crippen molar-refractivity contribution in [2.24, 2.45) is 0 Å². The number of hydrogen-bond donors (Lipinski definition) is 1. The first kappa shape index (κ1) is 26.9. The Bertz CT molecular complexity index is 1570. The Morgan fingerprint density at radius 2 is 1.58 bits per heavy atom. The number of sulfonamides is 1. The van der Waals surface area contributed by atoms with Crippen LogP contribution in [0.25, 0.3) is 0 Å². The van der Waals surface area contributed by atoms with Crippen LogP contribution < -0.4 is 9.62 Å². The molecular weight excluding hydrogens is 524 g/mol. The SMILES string of the molecule is COC(=O)c1cccc(NC(=O)c2ccccc2N(Cc2ccc(Cl)cc2)S(=O)(=O)c2ccc(C)cc2)c1. The van der Waals surface area contributed by atoms with Crippen molar-refractivity contribution in [2.75, 3.05) is 16.7 Å². The average Bonchev–Trinajstić information content (AvgIpc) is 2.92. The molecule has 1 N–H and O–H groups in total. The number of nitrogens with one attached hydrogen (secondary N) is 1. The second-order valence-electron chi connectivity index (χ2n) is 8.49. The highest BCUT2D eigenvalue weighted by Gasteiger charge is 2.28. The highest BCUT2D eigenvalue weighted by molar-refractivity contribution is 7.92. The summed E-state index contributed by atoms with van der Waals surface area (Å²) in [6.45, 7) is 1.84. The van der Waals surface area contributed by atoms with Crippen molar-refractivity contribution in [1.82, 2.24) is 0 Å². The minimum absolute atomic E-state index is 0.0322. The summed E-state index contributed by atoms with van der Waals surface area (Å²) in [4.78, 5) is 25.4. The van der Waals surface area contributed by atoms with Gasteiger partial charge in [0, 0.05) is 10.7 Å². The van der Waals surface area contributed by atoms with E-state index in [1.165, 1.54) is 17.5 Å². The number of hydrogen-bond acceptors (Lipinski definition) is 5. The highest BCUT2D eigenvalue weighted by Crippen LogP contribution is 2.30. The van der Waals surface area contributed by atoms with Gasteiger partial charge in [0.15, 0.2) is 0 Å². The molecule has 7 nitrogen and oxygen atoms in total. The average molecular weight is 549 g/mol. The highest BCUT2D eigenvalue weighted by atomic mass is 35.5. The van der Waals surface area contributed by atoms with Crippen LogP contribution in [0.5, 0.6) is 0 Å². The summed E-state index contributed by atoms with van der Waals surface area (Å²) in [5.41, 5.74) is 2.57. The molecule has 4 aromatic carbocycles. The molecule has 4 aromatic rings. The van der Waals surface area contributed by atoms with E-state index in [0.717, 1.165) is 5.56 Å². The van der Waals surface area contributed by atoms with E-state index < -0.39 is 21.9 Å². The number of benzene rings is 4. The number of esters is 1. The van der Waals surface area contributed by atoms with Gasteiger partial charge in [-0.05, 0) is 67.1 Å². The van der Waals surface area contributed by atoms with Crippen LogP contribution in [-0.4, -0.2) is 27.4 Å². The van der Waals surface area contributed by atoms with Crippen LogP contribution in [0.4, 0.5) is 11.4 Å². The van der Waals surface area contributed by atoms with Gasteiger partial charge in [0.2, 0.25) is 0 Å². The van der Waals surface area contributed by atoms with Crippen LogP contribution in [0, 0.1) is 6.92 Å². The van der Waals surface area contributed by atoms with Crippen LogP contribution >= 0.6 is 11.6 Å². The molecule has 0 atom stereocenters. The summed E-state index contributed by atoms with van der Waals surface area (Å²) in [6, 6.07) is 26.1. The van der Waals surface area contributed by atoms with Gasteiger partial charge >= 0.3 is 5.97 Å². The van der Waals surface area contributed by atoms with Crippen LogP contribution in [0.3, 0.4) is 0 Å². The maximum atomic E-state index is 13.9. The van der Waals surface area contributed by atoms with Crippen molar-refractivity contribution < 1.29 is 22.7 Å². The third-order valence-electron chi connectivity index (χ3n) is 5.81. The Hall–Kier alpha value is -4.14. The van der Waals surface area contributed by atoms with Crippen molar-refractivity contribution in [3.8, 4) is 0 Å². The molecule has 0 bridgehead atoms. The minimum atomic E-state index is -4.07. The lowest BCUT2D eigenvalue weighted by Gasteiger charge is -2.27. The minimum Gasteiger partial charge on any atom is -0.465 e. The van der Waals surface area contributed by atoms with Gasteiger partial charge in [0.1, 0.15) is 0 Å². The van der Waals surface area contributed by atoms with Crippen LogP contribution in [-0.2, 0) is 21.3 Å². The smallest absolute Gasteiger partial charge is 0.337 e. The summed E-state index contributed by atoms with van der Waals surface area (Å²) in [5, 5.41) is 3.28. The van der Waals surface area contributed by atoms with Crippen LogP contribution in [0.2, 0.25) is 5.02 Å². The predicted octanol–water partition coefficient (Wildman–Crippen LogP) is 6.08. The monoisotopic (exact) mass is 548 g/mol. The van der Waals surface area contributed by atoms with Gasteiger partial charge in [-0.15, -0.1) is 0 Å². The molecular formula is C29H25ClN2O5S. The van der Waals surface area contributed by atoms with E-state index in [4.69, 9.17) is 16.3 Å². The molecule has 0 aliphatic rings. The van der Waals surface area contributed by atoms with Gasteiger partial charge in [-0.2, -0.15) is 0 Å². The third-order valence-corrected chi connectivity index (χ3v) is 7.83. The summed E-state index contributed by atoms with van der Waals surface area (Å²) in [7, 11) is -2.80. The quantitative estimate of drug-likeness (QED) is 0.269. The van der Waals surface area contributed by atoms with Gasteiger partial charge in [0.25, 0.3) is 15.9 Å². The number of halogens is 1. The molecule has 0 fully saturated rings. The van der Waals surface area contributed by atoms with E-state index in [1.807, 2.05) is 6.92 Å². The van der Waals surface area contributed by atoms with Gasteiger partial charge < -0.3 is 10.1 Å². The Morgan fingerprint density at radius 3 is 2.26 bits per heavy atom. The van der Waals surface area contributed by atoms with E-state index in [1.54, 1.807) is 91.0 Å². The van der Waals surface area contributed by atoms with Crippen LogP contribution in [0.1, 0.15) is 31.8 Å². The van der Waals surface area contributed by atoms with Crippen molar-refractivity contribution in [3.63, 3.8) is 0 Å². The number of para-hydroxylation sites is 1. The lowest BCUT2D eigenvalue weighted by Crippen LogP contribution is -2.32. The van der Waals surface area contributed by atoms with E-state index in [0.29, 0.717) is 16.3 Å². The first-order chi connectivity index (χ1) is 18.2. The molecule has 0 unspecified atom stereocenters. The van der Waals surface area contributed by atoms with Crippen molar-refractivity contribution in [2.45, 2.75) is 18.4 Å². The molecule has 4 rings (SSSR count). The molecule has 0 aromatic heterocycles. The number of ether oxygens (including phenoxy) is 1. The summed E-state index contributed by atoms with van der Waals surface area (Å²) < 4.78 is 33.8. The first-order valence-electron chi connectivity index (χ1n) is 11.6. The third kappa shape index (κ3) is 6.04. The van der Waals surface area contributed by atoms with Gasteiger partial charge in [0.05, 0.1) is 35.4 Å². The molecule has 0 aliphatic carbocycles. The summed E-state index contributed by atoms with van der Waals surface area (Å²) in [5.74, 6) is -1.08. The number of methoxy groups -OCH3 is 1. The Labute approximate surface area is 226 Å². The molecule has 0 spiro atoms. The lowest BCUT2D eigenvalue weighted by molar-refractivity contribution is 0.0600. The molecule has 0 saturated heterocycles. The molecule has 38 heavy (non-hydrogen) atoms. The molecule has 1 amide bonds. The number of carbonyl (C=O) groups is 2. The van der Waals surface area contributed by atoms with Crippen molar-refractivity contribution in [1.29, 1.82) is 0 Å². The maximum Gasteiger partial charge on any atom is 0.337 e. The van der Waals surface area contributed by atoms with Crippen molar-refractivity contribution >= 4 is 44.9 Å². The Balaban J connectivity index is 1.76. The zero-order valence-electron chi connectivity index (χ0n) is 20.7. The summed E-state index contributed by atoms with van der Waals surface area (Å²) >= 11 is 6.04. The topological polar surface area (TPSA) is 92.8 Å². The second kappa shape index (κ2) is 11.5. The van der Waals surface area contributed by atoms with Crippen LogP contribution in [0.15, 0.2) is 102 Å². The zero-order chi connectivity index (χ0) is 27.3. The van der Waals surface area contributed by atoms with Crippen molar-refractivity contribution in [3.05, 3.63) is 124 Å². The summed E-state index contributed by atoms with van der Waals surface area (Å²) in [6.07, 6.45) is 0. The fourth-order valence-electron chi connectivity index (χ4n) is 3.82. The van der Waals surface area contributed by atoms with E-state index in [9.17, 15) is 18.0 Å². The lowest BCUT2D eigenvalue weighted by atomic mass is 10.1. The normalized spacial score (nSPS) is 11.0. The van der Waals surface area contributed by atoms with E-state index in [2.05, 4.69) is 5.32 Å².